The fourth-order valence-electron chi connectivity index (χ4n) is 0.289. The average molecular weight is 132 g/mol. The summed E-state index contributed by atoms with van der Waals surface area (Å²) in [6.45, 7) is 1.25. The van der Waals surface area contributed by atoms with Crippen LogP contribution in [0.4, 0.5) is 0 Å². The molecule has 0 aliphatic rings. The van der Waals surface area contributed by atoms with Gasteiger partial charge in [0.05, 0.1) is 6.10 Å². The van der Waals surface area contributed by atoms with E-state index in [4.69, 9.17) is 15.3 Å². The molecule has 0 aromatic carbocycles. The second kappa shape index (κ2) is 3.25. The minimum absolute atomic E-state index is 0.870. The van der Waals surface area contributed by atoms with Crippen LogP contribution in [0.1, 0.15) is 6.92 Å². The highest BCUT2D eigenvalue weighted by Gasteiger charge is 2.15. The maximum absolute atomic E-state index is 9.57. The zero-order chi connectivity index (χ0) is 7.44. The lowest BCUT2D eigenvalue weighted by Gasteiger charge is -2.08. The Balaban J connectivity index is 4.04. The van der Waals surface area contributed by atoms with Crippen molar-refractivity contribution in [1.29, 1.82) is 0 Å². The molecule has 0 aromatic heterocycles. The van der Waals surface area contributed by atoms with Gasteiger partial charge in [0, 0.05) is 0 Å². The summed E-state index contributed by atoms with van der Waals surface area (Å²) in [5.74, 6) is 0.188. The van der Waals surface area contributed by atoms with Gasteiger partial charge in [-0.3, -0.25) is 0 Å². The van der Waals surface area contributed by atoms with Crippen LogP contribution in [0.3, 0.4) is 0 Å². The fraction of sp³-hybridized carbons (Fsp3) is 0.600. The van der Waals surface area contributed by atoms with Crippen LogP contribution in [0.2, 0.25) is 0 Å². The molecule has 0 fully saturated rings. The summed E-state index contributed by atoms with van der Waals surface area (Å²) in [7, 11) is 0. The van der Waals surface area contributed by atoms with Gasteiger partial charge >= 0.3 is 0 Å². The minimum Gasteiger partial charge on any atom is -0.500 e. The molecule has 0 bridgehead atoms. The van der Waals surface area contributed by atoms with Crippen molar-refractivity contribution in [1.82, 2.24) is 0 Å². The third-order valence-corrected chi connectivity index (χ3v) is 0.842. The Morgan fingerprint density at radius 3 is 2.11 bits per heavy atom. The van der Waals surface area contributed by atoms with Crippen molar-refractivity contribution in [2.75, 3.05) is 0 Å². The summed E-state index contributed by atoms with van der Waals surface area (Å²) in [6, 6.07) is 0. The van der Waals surface area contributed by atoms with Gasteiger partial charge in [-0.25, -0.2) is 4.79 Å². The van der Waals surface area contributed by atoms with E-state index in [1.807, 2.05) is 0 Å². The summed E-state index contributed by atoms with van der Waals surface area (Å²) >= 11 is 0. The van der Waals surface area contributed by atoms with Gasteiger partial charge in [-0.2, -0.15) is 0 Å². The Morgan fingerprint density at radius 1 is 1.56 bits per heavy atom. The van der Waals surface area contributed by atoms with Gasteiger partial charge in [-0.1, -0.05) is 0 Å². The Bertz CT molecular complexity index is 134. The lowest BCUT2D eigenvalue weighted by Crippen LogP contribution is -2.24. The molecule has 0 aromatic rings. The highest BCUT2D eigenvalue weighted by Crippen LogP contribution is 1.97. The molecule has 0 amide bonds. The highest BCUT2D eigenvalue weighted by molar-refractivity contribution is 5.50. The topological polar surface area (TPSA) is 77.8 Å². The molecule has 4 heteroatoms. The third-order valence-electron chi connectivity index (χ3n) is 0.842. The summed E-state index contributed by atoms with van der Waals surface area (Å²) < 4.78 is 0. The smallest absolute Gasteiger partial charge is 0.208 e. The lowest BCUT2D eigenvalue weighted by atomic mass is 10.2. The van der Waals surface area contributed by atoms with Crippen LogP contribution >= 0.6 is 0 Å². The molecule has 0 saturated carbocycles. The summed E-state index contributed by atoms with van der Waals surface area (Å²) in [4.78, 5) is 9.57. The fourth-order valence-corrected chi connectivity index (χ4v) is 0.289. The first-order valence-corrected chi connectivity index (χ1v) is 2.39. The largest absolute Gasteiger partial charge is 0.500 e. The van der Waals surface area contributed by atoms with Crippen LogP contribution in [0, 0.1) is 0 Å². The molecule has 3 N–H and O–H groups in total. The summed E-state index contributed by atoms with van der Waals surface area (Å²) in [5, 5.41) is 25.5. The van der Waals surface area contributed by atoms with Gasteiger partial charge in [-0.05, 0) is 6.92 Å². The molecular weight excluding hydrogens is 124 g/mol. The molecule has 0 heterocycles. The second-order valence-corrected chi connectivity index (χ2v) is 1.67. The molecule has 0 saturated heterocycles. The number of hydrogen-bond acceptors (Lipinski definition) is 4. The maximum Gasteiger partial charge on any atom is 0.208 e. The molecule has 2 unspecified atom stereocenters. The van der Waals surface area contributed by atoms with E-state index >= 15 is 0 Å². The second-order valence-electron chi connectivity index (χ2n) is 1.67. The first-order valence-electron chi connectivity index (χ1n) is 2.39. The summed E-state index contributed by atoms with van der Waals surface area (Å²) in [6.07, 6.45) is -2.66. The standard InChI is InChI=1S/C5H8O4/c1-3(7)5(9)4(8)2-6/h3,5,7-9H,1H3. The van der Waals surface area contributed by atoms with Crippen molar-refractivity contribution >= 4 is 5.94 Å². The third kappa shape index (κ3) is 2.28. The predicted octanol–water partition coefficient (Wildman–Crippen LogP) is -0.998. The highest BCUT2D eigenvalue weighted by atomic mass is 16.4. The van der Waals surface area contributed by atoms with Gasteiger partial charge in [0.1, 0.15) is 6.10 Å². The maximum atomic E-state index is 9.57. The van der Waals surface area contributed by atoms with Crippen LogP contribution in [-0.4, -0.2) is 33.5 Å². The first-order chi connectivity index (χ1) is 4.09. The average Bonchev–Trinajstić information content (AvgIpc) is 1.84. The van der Waals surface area contributed by atoms with Crippen LogP contribution in [-0.2, 0) is 4.79 Å². The molecule has 0 aliphatic carbocycles. The Kier molecular flexibility index (Phi) is 2.95. The SMILES string of the molecule is CC(O)C(O)C(O)=C=O. The normalized spacial score (nSPS) is 15.9. The molecule has 0 radical (unpaired) electrons. The molecule has 0 aliphatic heterocycles. The molecule has 0 rings (SSSR count). The van der Waals surface area contributed by atoms with Crippen LogP contribution in [0.15, 0.2) is 5.76 Å². The quantitative estimate of drug-likeness (QED) is 0.332. The number of hydrogen-bond donors (Lipinski definition) is 3. The van der Waals surface area contributed by atoms with E-state index < -0.39 is 18.0 Å². The van der Waals surface area contributed by atoms with Gasteiger partial charge < -0.3 is 15.3 Å². The molecule has 2 atom stereocenters. The van der Waals surface area contributed by atoms with Crippen molar-refractivity contribution in [2.45, 2.75) is 19.1 Å². The number of carbonyl (C=O) groups excluding carboxylic acids is 1. The zero-order valence-electron chi connectivity index (χ0n) is 4.90. The Hall–Kier alpha value is -0.830. The van der Waals surface area contributed by atoms with E-state index in [1.165, 1.54) is 6.92 Å². The predicted molar refractivity (Wildman–Crippen MR) is 29.5 cm³/mol. The molecule has 52 valence electrons. The van der Waals surface area contributed by atoms with Crippen LogP contribution < -0.4 is 0 Å². The summed E-state index contributed by atoms with van der Waals surface area (Å²) in [5.41, 5.74) is 0. The van der Waals surface area contributed by atoms with E-state index in [-0.39, 0.29) is 0 Å². The van der Waals surface area contributed by atoms with Crippen molar-refractivity contribution in [3.8, 4) is 0 Å². The van der Waals surface area contributed by atoms with Crippen molar-refractivity contribution in [3.05, 3.63) is 5.76 Å². The van der Waals surface area contributed by atoms with Gasteiger partial charge in [0.2, 0.25) is 5.76 Å². The zero-order valence-corrected chi connectivity index (χ0v) is 4.90. The number of aliphatic hydroxyl groups excluding tert-OH is 3. The Morgan fingerprint density at radius 2 is 2.00 bits per heavy atom. The van der Waals surface area contributed by atoms with Crippen molar-refractivity contribution < 1.29 is 20.1 Å². The van der Waals surface area contributed by atoms with Gasteiger partial charge in [0.15, 0.2) is 5.94 Å². The first kappa shape index (κ1) is 8.17. The van der Waals surface area contributed by atoms with Crippen molar-refractivity contribution in [3.63, 3.8) is 0 Å². The van der Waals surface area contributed by atoms with Gasteiger partial charge in [-0.15, -0.1) is 0 Å². The van der Waals surface area contributed by atoms with Crippen LogP contribution in [0.5, 0.6) is 0 Å². The van der Waals surface area contributed by atoms with E-state index in [9.17, 15) is 4.79 Å². The molecular formula is C5H8O4. The van der Waals surface area contributed by atoms with E-state index in [0.717, 1.165) is 5.94 Å². The van der Waals surface area contributed by atoms with E-state index in [2.05, 4.69) is 0 Å². The molecule has 0 spiro atoms. The van der Waals surface area contributed by atoms with E-state index in [0.29, 0.717) is 0 Å². The number of aliphatic hydroxyl groups is 3. The monoisotopic (exact) mass is 132 g/mol. The minimum atomic E-state index is -1.51. The molecule has 4 nitrogen and oxygen atoms in total. The van der Waals surface area contributed by atoms with Crippen LogP contribution in [0.25, 0.3) is 0 Å². The molecule has 9 heavy (non-hydrogen) atoms. The number of rotatable bonds is 2. The lowest BCUT2D eigenvalue weighted by molar-refractivity contribution is 0.0309. The van der Waals surface area contributed by atoms with E-state index in [1.54, 1.807) is 0 Å². The Labute approximate surface area is 52.1 Å². The van der Waals surface area contributed by atoms with Gasteiger partial charge in [0.25, 0.3) is 0 Å². The van der Waals surface area contributed by atoms with Crippen molar-refractivity contribution in [2.24, 2.45) is 0 Å².